The Morgan fingerprint density at radius 2 is 2.11 bits per heavy atom. The number of thioether (sulfide) groups is 1. The molecule has 0 bridgehead atoms. The van der Waals surface area contributed by atoms with Gasteiger partial charge in [0.25, 0.3) is 0 Å². The van der Waals surface area contributed by atoms with Crippen molar-refractivity contribution in [1.29, 1.82) is 0 Å². The van der Waals surface area contributed by atoms with Gasteiger partial charge < -0.3 is 5.32 Å². The maximum Gasteiger partial charge on any atom is 0.0410 e. The Bertz CT molecular complexity index is 352. The zero-order valence-electron chi connectivity index (χ0n) is 11.6. The SMILES string of the molecule is CCCCSc1ccc(Cl)cc1CNCC(C)C. The second-order valence-electron chi connectivity index (χ2n) is 4.98. The van der Waals surface area contributed by atoms with Crippen LogP contribution in [-0.4, -0.2) is 12.3 Å². The normalized spacial score (nSPS) is 11.2. The van der Waals surface area contributed by atoms with E-state index in [2.05, 4.69) is 38.2 Å². The predicted octanol–water partition coefficient (Wildman–Crippen LogP) is 4.98. The third kappa shape index (κ3) is 6.12. The van der Waals surface area contributed by atoms with Crippen LogP contribution in [0.4, 0.5) is 0 Å². The zero-order chi connectivity index (χ0) is 13.4. The van der Waals surface area contributed by atoms with E-state index in [0.717, 1.165) is 18.1 Å². The van der Waals surface area contributed by atoms with E-state index >= 15 is 0 Å². The second kappa shape index (κ2) is 8.84. The fourth-order valence-corrected chi connectivity index (χ4v) is 2.98. The molecule has 102 valence electrons. The van der Waals surface area contributed by atoms with E-state index in [1.807, 2.05) is 17.8 Å². The van der Waals surface area contributed by atoms with E-state index in [-0.39, 0.29) is 0 Å². The minimum Gasteiger partial charge on any atom is -0.312 e. The summed E-state index contributed by atoms with van der Waals surface area (Å²) >= 11 is 8.02. The highest BCUT2D eigenvalue weighted by atomic mass is 35.5. The summed E-state index contributed by atoms with van der Waals surface area (Å²) in [6, 6.07) is 6.22. The number of hydrogen-bond acceptors (Lipinski definition) is 2. The Morgan fingerprint density at radius 1 is 1.33 bits per heavy atom. The third-order valence-corrected chi connectivity index (χ3v) is 4.08. The van der Waals surface area contributed by atoms with Crippen LogP contribution in [0.2, 0.25) is 5.02 Å². The number of hydrogen-bond donors (Lipinski definition) is 1. The average Bonchev–Trinajstić information content (AvgIpc) is 2.31. The van der Waals surface area contributed by atoms with Crippen molar-refractivity contribution in [3.63, 3.8) is 0 Å². The van der Waals surface area contributed by atoms with Crippen LogP contribution >= 0.6 is 23.4 Å². The fraction of sp³-hybridized carbons (Fsp3) is 0.600. The van der Waals surface area contributed by atoms with Crippen molar-refractivity contribution in [2.75, 3.05) is 12.3 Å². The highest BCUT2D eigenvalue weighted by molar-refractivity contribution is 7.99. The molecule has 0 aromatic heterocycles. The van der Waals surface area contributed by atoms with Gasteiger partial charge in [-0.15, -0.1) is 11.8 Å². The number of halogens is 1. The first-order valence-electron chi connectivity index (χ1n) is 6.75. The van der Waals surface area contributed by atoms with Gasteiger partial charge in [0, 0.05) is 16.5 Å². The summed E-state index contributed by atoms with van der Waals surface area (Å²) in [7, 11) is 0. The molecular formula is C15H24ClNS. The molecule has 0 saturated heterocycles. The summed E-state index contributed by atoms with van der Waals surface area (Å²) in [6.45, 7) is 8.63. The topological polar surface area (TPSA) is 12.0 Å². The Kier molecular flexibility index (Phi) is 7.80. The molecule has 18 heavy (non-hydrogen) atoms. The summed E-state index contributed by atoms with van der Waals surface area (Å²) < 4.78 is 0. The molecule has 1 rings (SSSR count). The predicted molar refractivity (Wildman–Crippen MR) is 83.6 cm³/mol. The lowest BCUT2D eigenvalue weighted by atomic mass is 10.2. The van der Waals surface area contributed by atoms with Crippen molar-refractivity contribution >= 4 is 23.4 Å². The minimum atomic E-state index is 0.681. The van der Waals surface area contributed by atoms with Crippen LogP contribution in [-0.2, 0) is 6.54 Å². The van der Waals surface area contributed by atoms with Crippen LogP contribution in [0.5, 0.6) is 0 Å². The van der Waals surface area contributed by atoms with Gasteiger partial charge >= 0.3 is 0 Å². The van der Waals surface area contributed by atoms with Gasteiger partial charge in [-0.3, -0.25) is 0 Å². The van der Waals surface area contributed by atoms with E-state index in [0.29, 0.717) is 5.92 Å². The summed E-state index contributed by atoms with van der Waals surface area (Å²) in [5, 5.41) is 4.32. The molecule has 0 aliphatic heterocycles. The van der Waals surface area contributed by atoms with Crippen LogP contribution in [0.3, 0.4) is 0 Å². The molecule has 0 amide bonds. The Morgan fingerprint density at radius 3 is 2.78 bits per heavy atom. The van der Waals surface area contributed by atoms with Crippen LogP contribution in [0.15, 0.2) is 23.1 Å². The van der Waals surface area contributed by atoms with E-state index in [9.17, 15) is 0 Å². The van der Waals surface area contributed by atoms with Gasteiger partial charge in [-0.2, -0.15) is 0 Å². The quantitative estimate of drug-likeness (QED) is 0.534. The highest BCUT2D eigenvalue weighted by Crippen LogP contribution is 2.26. The lowest BCUT2D eigenvalue weighted by Crippen LogP contribution is -2.19. The Labute approximate surface area is 121 Å². The molecule has 0 unspecified atom stereocenters. The number of rotatable bonds is 8. The molecule has 0 spiro atoms. The third-order valence-electron chi connectivity index (χ3n) is 2.65. The smallest absolute Gasteiger partial charge is 0.0410 e. The molecule has 0 heterocycles. The summed E-state index contributed by atoms with van der Waals surface area (Å²) in [5.41, 5.74) is 1.32. The van der Waals surface area contributed by atoms with Crippen molar-refractivity contribution in [3.8, 4) is 0 Å². The molecular weight excluding hydrogens is 262 g/mol. The van der Waals surface area contributed by atoms with Crippen LogP contribution in [0, 0.1) is 5.92 Å². The second-order valence-corrected chi connectivity index (χ2v) is 6.55. The van der Waals surface area contributed by atoms with Gasteiger partial charge in [-0.05, 0) is 48.4 Å². The van der Waals surface area contributed by atoms with Crippen LogP contribution < -0.4 is 5.32 Å². The summed E-state index contributed by atoms with van der Waals surface area (Å²) in [5.74, 6) is 1.87. The molecule has 0 saturated carbocycles. The summed E-state index contributed by atoms with van der Waals surface area (Å²) in [4.78, 5) is 1.36. The molecule has 0 aliphatic rings. The van der Waals surface area contributed by atoms with Gasteiger partial charge in [0.2, 0.25) is 0 Å². The lowest BCUT2D eigenvalue weighted by Gasteiger charge is -2.12. The maximum atomic E-state index is 6.08. The van der Waals surface area contributed by atoms with Gasteiger partial charge in [-0.1, -0.05) is 38.8 Å². The van der Waals surface area contributed by atoms with E-state index in [1.54, 1.807) is 0 Å². The highest BCUT2D eigenvalue weighted by Gasteiger charge is 2.04. The Balaban J connectivity index is 2.58. The van der Waals surface area contributed by atoms with Crippen molar-refractivity contribution in [1.82, 2.24) is 5.32 Å². The number of unbranched alkanes of at least 4 members (excludes halogenated alkanes) is 1. The first-order valence-corrected chi connectivity index (χ1v) is 8.11. The molecule has 0 fully saturated rings. The first kappa shape index (κ1) is 15.9. The first-order chi connectivity index (χ1) is 8.63. The number of benzene rings is 1. The monoisotopic (exact) mass is 285 g/mol. The van der Waals surface area contributed by atoms with E-state index in [1.165, 1.54) is 29.1 Å². The molecule has 3 heteroatoms. The van der Waals surface area contributed by atoms with Gasteiger partial charge in [0.1, 0.15) is 0 Å². The fourth-order valence-electron chi connectivity index (χ4n) is 1.65. The van der Waals surface area contributed by atoms with Crippen molar-refractivity contribution in [2.45, 2.75) is 45.1 Å². The van der Waals surface area contributed by atoms with Crippen LogP contribution in [0.25, 0.3) is 0 Å². The average molecular weight is 286 g/mol. The number of nitrogens with one attached hydrogen (secondary N) is 1. The standard InChI is InChI=1S/C15H24ClNS/c1-4-5-8-18-15-7-6-14(16)9-13(15)11-17-10-12(2)3/h6-7,9,12,17H,4-5,8,10-11H2,1-3H3. The zero-order valence-corrected chi connectivity index (χ0v) is 13.2. The molecule has 0 radical (unpaired) electrons. The Hall–Kier alpha value is -0.180. The van der Waals surface area contributed by atoms with E-state index in [4.69, 9.17) is 11.6 Å². The van der Waals surface area contributed by atoms with E-state index < -0.39 is 0 Å². The molecule has 0 atom stereocenters. The van der Waals surface area contributed by atoms with Gasteiger partial charge in [-0.25, -0.2) is 0 Å². The van der Waals surface area contributed by atoms with Crippen LogP contribution in [0.1, 0.15) is 39.2 Å². The van der Waals surface area contributed by atoms with Gasteiger partial charge in [0.15, 0.2) is 0 Å². The largest absolute Gasteiger partial charge is 0.312 e. The van der Waals surface area contributed by atoms with Crippen molar-refractivity contribution in [2.24, 2.45) is 5.92 Å². The molecule has 1 N–H and O–H groups in total. The summed E-state index contributed by atoms with van der Waals surface area (Å²) in [6.07, 6.45) is 2.52. The lowest BCUT2D eigenvalue weighted by molar-refractivity contribution is 0.550. The molecule has 1 aromatic rings. The molecule has 1 aromatic carbocycles. The minimum absolute atomic E-state index is 0.681. The van der Waals surface area contributed by atoms with Crippen molar-refractivity contribution in [3.05, 3.63) is 28.8 Å². The molecule has 0 aliphatic carbocycles. The molecule has 1 nitrogen and oxygen atoms in total. The maximum absolute atomic E-state index is 6.08. The van der Waals surface area contributed by atoms with Gasteiger partial charge in [0.05, 0.1) is 0 Å². The van der Waals surface area contributed by atoms with Crippen molar-refractivity contribution < 1.29 is 0 Å².